The summed E-state index contributed by atoms with van der Waals surface area (Å²) in [6, 6.07) is 12.7. The summed E-state index contributed by atoms with van der Waals surface area (Å²) in [5, 5.41) is 13.1. The number of aromatic nitrogens is 1. The lowest BCUT2D eigenvalue weighted by Gasteiger charge is -2.10. The highest BCUT2D eigenvalue weighted by molar-refractivity contribution is 7.16. The van der Waals surface area contributed by atoms with E-state index >= 15 is 0 Å². The third-order valence-electron chi connectivity index (χ3n) is 4.01. The number of thiazole rings is 1. The van der Waals surface area contributed by atoms with Crippen LogP contribution >= 0.6 is 11.3 Å². The molecule has 7 nitrogen and oxygen atoms in total. The summed E-state index contributed by atoms with van der Waals surface area (Å²) >= 11 is 1.29. The lowest BCUT2D eigenvalue weighted by atomic mass is 10.1. The Bertz CT molecular complexity index is 969. The van der Waals surface area contributed by atoms with Gasteiger partial charge in [0, 0.05) is 16.1 Å². The van der Waals surface area contributed by atoms with Crippen LogP contribution in [0, 0.1) is 0 Å². The minimum atomic E-state index is -0.928. The molecule has 146 valence electrons. The van der Waals surface area contributed by atoms with Gasteiger partial charge in [0.25, 0.3) is 0 Å². The molecule has 0 saturated heterocycles. The highest BCUT2D eigenvalue weighted by atomic mass is 32.1. The zero-order valence-corrected chi connectivity index (χ0v) is 16.5. The van der Waals surface area contributed by atoms with Crippen molar-refractivity contribution in [3.63, 3.8) is 0 Å². The topological polar surface area (TPSA) is 89.9 Å². The lowest BCUT2D eigenvalue weighted by molar-refractivity contribution is -0.136. The molecule has 0 bridgehead atoms. The Kier molecular flexibility index (Phi) is 6.00. The second-order valence-corrected chi connectivity index (χ2v) is 6.86. The standard InChI is InChI=1S/C20H20N2O5S/c1-25-13-6-4-12(5-7-13)21-20-22-19(17(28-20)11-18(23)24)15-10-14(26-2)8-9-16(15)27-3/h4-10H,11H2,1-3H3,(H,21,22)(H,23,24). The van der Waals surface area contributed by atoms with E-state index in [9.17, 15) is 9.90 Å². The van der Waals surface area contributed by atoms with Crippen molar-refractivity contribution < 1.29 is 24.1 Å². The van der Waals surface area contributed by atoms with Gasteiger partial charge in [-0.15, -0.1) is 11.3 Å². The fourth-order valence-corrected chi connectivity index (χ4v) is 3.66. The maximum atomic E-state index is 11.4. The van der Waals surface area contributed by atoms with Crippen molar-refractivity contribution >= 4 is 28.1 Å². The summed E-state index contributed by atoms with van der Waals surface area (Å²) in [5.41, 5.74) is 2.05. The summed E-state index contributed by atoms with van der Waals surface area (Å²) in [7, 11) is 4.74. The van der Waals surface area contributed by atoms with Crippen molar-refractivity contribution in [2.24, 2.45) is 0 Å². The van der Waals surface area contributed by atoms with Crippen LogP contribution in [0.4, 0.5) is 10.8 Å². The van der Waals surface area contributed by atoms with Crippen LogP contribution in [0.2, 0.25) is 0 Å². The smallest absolute Gasteiger partial charge is 0.308 e. The number of carboxylic acid groups (broad SMARTS) is 1. The molecule has 0 saturated carbocycles. The van der Waals surface area contributed by atoms with Gasteiger partial charge in [0.1, 0.15) is 17.2 Å². The van der Waals surface area contributed by atoms with E-state index in [4.69, 9.17) is 14.2 Å². The van der Waals surface area contributed by atoms with Crippen LogP contribution in [-0.2, 0) is 11.2 Å². The van der Waals surface area contributed by atoms with Crippen LogP contribution in [0.5, 0.6) is 17.2 Å². The molecule has 0 aliphatic heterocycles. The molecule has 0 aliphatic carbocycles. The number of rotatable bonds is 8. The number of hydrogen-bond acceptors (Lipinski definition) is 7. The highest BCUT2D eigenvalue weighted by Crippen LogP contribution is 2.39. The van der Waals surface area contributed by atoms with Crippen LogP contribution in [-0.4, -0.2) is 37.4 Å². The Morgan fingerprint density at radius 2 is 1.71 bits per heavy atom. The van der Waals surface area contributed by atoms with E-state index in [-0.39, 0.29) is 6.42 Å². The quantitative estimate of drug-likeness (QED) is 0.585. The largest absolute Gasteiger partial charge is 0.497 e. The van der Waals surface area contributed by atoms with Gasteiger partial charge in [-0.2, -0.15) is 0 Å². The lowest BCUT2D eigenvalue weighted by Crippen LogP contribution is -2.00. The third kappa shape index (κ3) is 4.34. The third-order valence-corrected chi connectivity index (χ3v) is 4.98. The van der Waals surface area contributed by atoms with E-state index in [1.807, 2.05) is 24.3 Å². The van der Waals surface area contributed by atoms with Crippen molar-refractivity contribution in [1.29, 1.82) is 0 Å². The van der Waals surface area contributed by atoms with Crippen molar-refractivity contribution in [2.75, 3.05) is 26.6 Å². The fraction of sp³-hybridized carbons (Fsp3) is 0.200. The molecule has 0 aliphatic rings. The highest BCUT2D eigenvalue weighted by Gasteiger charge is 2.20. The minimum absolute atomic E-state index is 0.141. The van der Waals surface area contributed by atoms with Crippen molar-refractivity contribution in [3.8, 4) is 28.5 Å². The van der Waals surface area contributed by atoms with E-state index in [1.165, 1.54) is 11.3 Å². The van der Waals surface area contributed by atoms with Crippen LogP contribution in [0.3, 0.4) is 0 Å². The Balaban J connectivity index is 2.01. The number of nitrogens with zero attached hydrogens (tertiary/aromatic N) is 1. The van der Waals surface area contributed by atoms with Gasteiger partial charge in [0.15, 0.2) is 5.13 Å². The van der Waals surface area contributed by atoms with E-state index in [2.05, 4.69) is 10.3 Å². The average molecular weight is 400 g/mol. The summed E-state index contributed by atoms with van der Waals surface area (Å²) in [4.78, 5) is 16.6. The Morgan fingerprint density at radius 1 is 1.04 bits per heavy atom. The minimum Gasteiger partial charge on any atom is -0.497 e. The summed E-state index contributed by atoms with van der Waals surface area (Å²) in [6.07, 6.45) is -0.141. The van der Waals surface area contributed by atoms with Crippen molar-refractivity contribution in [3.05, 3.63) is 47.3 Å². The van der Waals surface area contributed by atoms with E-state index in [1.54, 1.807) is 39.5 Å². The molecule has 28 heavy (non-hydrogen) atoms. The number of ether oxygens (including phenoxy) is 3. The van der Waals surface area contributed by atoms with Gasteiger partial charge in [-0.05, 0) is 42.5 Å². The first-order valence-corrected chi connectivity index (χ1v) is 9.20. The zero-order chi connectivity index (χ0) is 20.1. The molecule has 3 rings (SSSR count). The molecule has 0 spiro atoms. The first-order valence-electron chi connectivity index (χ1n) is 8.39. The molecule has 1 heterocycles. The number of hydrogen-bond donors (Lipinski definition) is 2. The van der Waals surface area contributed by atoms with Crippen LogP contribution in [0.25, 0.3) is 11.3 Å². The van der Waals surface area contributed by atoms with Gasteiger partial charge in [-0.1, -0.05) is 0 Å². The molecule has 0 radical (unpaired) electrons. The van der Waals surface area contributed by atoms with Crippen molar-refractivity contribution in [1.82, 2.24) is 4.98 Å². The normalized spacial score (nSPS) is 10.4. The first-order chi connectivity index (χ1) is 13.5. The number of benzene rings is 2. The van der Waals surface area contributed by atoms with Gasteiger partial charge in [0.2, 0.25) is 0 Å². The SMILES string of the molecule is COc1ccc(Nc2nc(-c3cc(OC)ccc3OC)c(CC(=O)O)s2)cc1. The predicted octanol–water partition coefficient (Wildman–Crippen LogP) is 4.21. The molecular weight excluding hydrogens is 380 g/mol. The van der Waals surface area contributed by atoms with Crippen molar-refractivity contribution in [2.45, 2.75) is 6.42 Å². The zero-order valence-electron chi connectivity index (χ0n) is 15.7. The first kappa shape index (κ1) is 19.5. The number of aliphatic carboxylic acids is 1. The van der Waals surface area contributed by atoms with Gasteiger partial charge in [-0.3, -0.25) is 4.79 Å². The predicted molar refractivity (Wildman–Crippen MR) is 108 cm³/mol. The van der Waals surface area contributed by atoms with Gasteiger partial charge in [0.05, 0.1) is 33.4 Å². The molecule has 0 amide bonds. The van der Waals surface area contributed by atoms with Gasteiger partial charge < -0.3 is 24.6 Å². The summed E-state index contributed by atoms with van der Waals surface area (Å²) in [5.74, 6) is 1.05. The molecule has 0 unspecified atom stereocenters. The molecule has 0 atom stereocenters. The van der Waals surface area contributed by atoms with E-state index in [0.29, 0.717) is 32.8 Å². The molecule has 2 aromatic carbocycles. The number of nitrogens with one attached hydrogen (secondary N) is 1. The second kappa shape index (κ2) is 8.62. The van der Waals surface area contributed by atoms with Crippen LogP contribution in [0.1, 0.15) is 4.88 Å². The molecule has 8 heteroatoms. The van der Waals surface area contributed by atoms with E-state index < -0.39 is 5.97 Å². The number of methoxy groups -OCH3 is 3. The number of carbonyl (C=O) groups is 1. The van der Waals surface area contributed by atoms with Gasteiger partial charge >= 0.3 is 5.97 Å². The van der Waals surface area contributed by atoms with E-state index in [0.717, 1.165) is 11.4 Å². The molecule has 1 aromatic heterocycles. The second-order valence-electron chi connectivity index (χ2n) is 5.78. The Labute approximate surface area is 166 Å². The molecule has 0 fully saturated rings. The Hall–Kier alpha value is -3.26. The number of carboxylic acids is 1. The molecule has 3 aromatic rings. The monoisotopic (exact) mass is 400 g/mol. The van der Waals surface area contributed by atoms with Gasteiger partial charge in [-0.25, -0.2) is 4.98 Å². The summed E-state index contributed by atoms with van der Waals surface area (Å²) in [6.45, 7) is 0. The maximum Gasteiger partial charge on any atom is 0.308 e. The maximum absolute atomic E-state index is 11.4. The number of anilines is 2. The molecule has 2 N–H and O–H groups in total. The fourth-order valence-electron chi connectivity index (χ4n) is 2.67. The average Bonchev–Trinajstić information content (AvgIpc) is 3.09. The summed E-state index contributed by atoms with van der Waals surface area (Å²) < 4.78 is 15.9. The van der Waals surface area contributed by atoms with Crippen LogP contribution in [0.15, 0.2) is 42.5 Å². The van der Waals surface area contributed by atoms with Crippen LogP contribution < -0.4 is 19.5 Å². The Morgan fingerprint density at radius 3 is 2.32 bits per heavy atom. The molecular formula is C20H20N2O5S.